The molecular formula is C23H28ClNO. The molecule has 2 atom stereocenters. The smallest absolute Gasteiger partial charge is 0.163 e. The monoisotopic (exact) mass is 369 g/mol. The van der Waals surface area contributed by atoms with Gasteiger partial charge < -0.3 is 4.90 Å². The second-order valence-corrected chi connectivity index (χ2v) is 7.85. The summed E-state index contributed by atoms with van der Waals surface area (Å²) in [6.07, 6.45) is 2.79. The molecule has 0 saturated heterocycles. The lowest BCUT2D eigenvalue weighted by molar-refractivity contribution is 0.0945. The molecular weight excluding hydrogens is 342 g/mol. The number of hydrogen-bond donors (Lipinski definition) is 0. The molecule has 2 aromatic rings. The molecule has 0 aliphatic heterocycles. The highest BCUT2D eigenvalue weighted by molar-refractivity contribution is 6.30. The lowest BCUT2D eigenvalue weighted by Crippen LogP contribution is -2.27. The van der Waals surface area contributed by atoms with E-state index < -0.39 is 0 Å². The molecule has 0 amide bonds. The highest BCUT2D eigenvalue weighted by Crippen LogP contribution is 2.64. The van der Waals surface area contributed by atoms with Gasteiger partial charge in [-0.15, -0.1) is 0 Å². The summed E-state index contributed by atoms with van der Waals surface area (Å²) in [5.41, 5.74) is 2.23. The number of carbonyl (C=O) groups is 1. The van der Waals surface area contributed by atoms with E-state index >= 15 is 0 Å². The third-order valence-corrected chi connectivity index (χ3v) is 6.14. The van der Waals surface area contributed by atoms with Crippen molar-refractivity contribution in [1.82, 2.24) is 4.90 Å². The standard InChI is InChI=1S/C23H28ClNO/c1-3-25(4-2)15-14-23(17-22(26)19-8-6-5-7-9-19)16-21(23)18-10-12-20(24)13-11-18/h5-13,21H,3-4,14-17H2,1-2H3. The number of hydrogen-bond acceptors (Lipinski definition) is 2. The largest absolute Gasteiger partial charge is 0.304 e. The van der Waals surface area contributed by atoms with Crippen molar-refractivity contribution in [3.8, 4) is 0 Å². The second kappa shape index (κ2) is 8.37. The van der Waals surface area contributed by atoms with Gasteiger partial charge in [0.25, 0.3) is 0 Å². The fraction of sp³-hybridized carbons (Fsp3) is 0.435. The fourth-order valence-electron chi connectivity index (χ4n) is 4.04. The lowest BCUT2D eigenvalue weighted by Gasteiger charge is -2.23. The normalized spacial score (nSPS) is 21.8. The minimum absolute atomic E-state index is 0.0867. The zero-order valence-corrected chi connectivity index (χ0v) is 16.5. The van der Waals surface area contributed by atoms with Gasteiger partial charge in [0.15, 0.2) is 5.78 Å². The summed E-state index contributed by atoms with van der Waals surface area (Å²) < 4.78 is 0. The van der Waals surface area contributed by atoms with Gasteiger partial charge in [0, 0.05) is 17.0 Å². The average Bonchev–Trinajstić information content (AvgIpc) is 3.37. The van der Waals surface area contributed by atoms with Gasteiger partial charge in [-0.05, 0) is 61.5 Å². The van der Waals surface area contributed by atoms with Crippen molar-refractivity contribution in [1.29, 1.82) is 0 Å². The number of rotatable bonds is 9. The molecule has 138 valence electrons. The zero-order valence-electron chi connectivity index (χ0n) is 15.7. The summed E-state index contributed by atoms with van der Waals surface area (Å²) in [6, 6.07) is 17.9. The van der Waals surface area contributed by atoms with Gasteiger partial charge in [-0.25, -0.2) is 0 Å². The Labute approximate surface area is 162 Å². The highest BCUT2D eigenvalue weighted by atomic mass is 35.5. The number of benzene rings is 2. The maximum Gasteiger partial charge on any atom is 0.163 e. The first-order valence-corrected chi connectivity index (χ1v) is 10.0. The van der Waals surface area contributed by atoms with E-state index in [0.29, 0.717) is 12.3 Å². The van der Waals surface area contributed by atoms with Gasteiger partial charge in [-0.1, -0.05) is 67.9 Å². The molecule has 1 aliphatic rings. The first-order chi connectivity index (χ1) is 12.6. The van der Waals surface area contributed by atoms with Crippen molar-refractivity contribution >= 4 is 17.4 Å². The van der Waals surface area contributed by atoms with E-state index in [1.807, 2.05) is 42.5 Å². The van der Waals surface area contributed by atoms with Gasteiger partial charge in [-0.2, -0.15) is 0 Å². The predicted molar refractivity (Wildman–Crippen MR) is 109 cm³/mol. The Bertz CT molecular complexity index is 724. The Hall–Kier alpha value is -1.64. The molecule has 2 aromatic carbocycles. The van der Waals surface area contributed by atoms with Crippen molar-refractivity contribution in [2.45, 2.75) is 39.0 Å². The molecule has 1 saturated carbocycles. The molecule has 0 radical (unpaired) electrons. The zero-order chi connectivity index (χ0) is 18.6. The Balaban J connectivity index is 1.76. The van der Waals surface area contributed by atoms with Crippen LogP contribution in [0.3, 0.4) is 0 Å². The first-order valence-electron chi connectivity index (χ1n) is 9.64. The number of Topliss-reactive ketones (excluding diaryl/α,β-unsaturated/α-hetero) is 1. The fourth-order valence-corrected chi connectivity index (χ4v) is 4.17. The van der Waals surface area contributed by atoms with Gasteiger partial charge >= 0.3 is 0 Å². The van der Waals surface area contributed by atoms with Gasteiger partial charge in [0.05, 0.1) is 0 Å². The van der Waals surface area contributed by atoms with E-state index in [1.165, 1.54) is 5.56 Å². The van der Waals surface area contributed by atoms with E-state index in [0.717, 1.165) is 43.1 Å². The third kappa shape index (κ3) is 4.36. The molecule has 0 spiro atoms. The molecule has 0 aromatic heterocycles. The molecule has 0 heterocycles. The van der Waals surface area contributed by atoms with Crippen LogP contribution >= 0.6 is 11.6 Å². The average molecular weight is 370 g/mol. The van der Waals surface area contributed by atoms with Crippen LogP contribution in [0.1, 0.15) is 54.9 Å². The Kier molecular flexibility index (Phi) is 6.16. The third-order valence-electron chi connectivity index (χ3n) is 5.89. The molecule has 1 fully saturated rings. The number of ketones is 1. The topological polar surface area (TPSA) is 20.3 Å². The molecule has 3 rings (SSSR count). The number of halogens is 1. The molecule has 0 N–H and O–H groups in total. The van der Waals surface area contributed by atoms with Crippen molar-refractivity contribution in [2.75, 3.05) is 19.6 Å². The van der Waals surface area contributed by atoms with Crippen LogP contribution in [-0.4, -0.2) is 30.3 Å². The van der Waals surface area contributed by atoms with Crippen molar-refractivity contribution in [3.05, 3.63) is 70.7 Å². The van der Waals surface area contributed by atoms with Crippen LogP contribution in [0.4, 0.5) is 0 Å². The Morgan fingerprint density at radius 3 is 2.35 bits per heavy atom. The van der Waals surface area contributed by atoms with Crippen molar-refractivity contribution < 1.29 is 4.79 Å². The summed E-state index contributed by atoms with van der Waals surface area (Å²) in [4.78, 5) is 15.3. The summed E-state index contributed by atoms with van der Waals surface area (Å²) >= 11 is 6.05. The Morgan fingerprint density at radius 2 is 1.73 bits per heavy atom. The second-order valence-electron chi connectivity index (χ2n) is 7.41. The van der Waals surface area contributed by atoms with Gasteiger partial charge in [0.1, 0.15) is 0 Å². The minimum Gasteiger partial charge on any atom is -0.304 e. The molecule has 0 bridgehead atoms. The molecule has 2 unspecified atom stereocenters. The van der Waals surface area contributed by atoms with Crippen LogP contribution < -0.4 is 0 Å². The summed E-state index contributed by atoms with van der Waals surface area (Å²) in [5.74, 6) is 0.726. The van der Waals surface area contributed by atoms with Crippen LogP contribution in [0.5, 0.6) is 0 Å². The van der Waals surface area contributed by atoms with Crippen LogP contribution in [0.25, 0.3) is 0 Å². The van der Waals surface area contributed by atoms with Crippen molar-refractivity contribution in [3.63, 3.8) is 0 Å². The minimum atomic E-state index is 0.0867. The Morgan fingerprint density at radius 1 is 1.08 bits per heavy atom. The maximum absolute atomic E-state index is 12.9. The summed E-state index contributed by atoms with van der Waals surface area (Å²) in [7, 11) is 0. The highest BCUT2D eigenvalue weighted by Gasteiger charge is 2.54. The SMILES string of the molecule is CCN(CC)CCC1(CC(=O)c2ccccc2)CC1c1ccc(Cl)cc1. The van der Waals surface area contributed by atoms with Crippen LogP contribution in [0, 0.1) is 5.41 Å². The number of nitrogens with zero attached hydrogens (tertiary/aromatic N) is 1. The van der Waals surface area contributed by atoms with E-state index in [9.17, 15) is 4.79 Å². The molecule has 1 aliphatic carbocycles. The van der Waals surface area contributed by atoms with E-state index in [1.54, 1.807) is 0 Å². The first kappa shape index (κ1) is 19.1. The van der Waals surface area contributed by atoms with Gasteiger partial charge in [0.2, 0.25) is 0 Å². The molecule has 3 heteroatoms. The predicted octanol–water partition coefficient (Wildman–Crippen LogP) is 5.82. The van der Waals surface area contributed by atoms with E-state index in [4.69, 9.17) is 11.6 Å². The lowest BCUT2D eigenvalue weighted by atomic mass is 9.88. The van der Waals surface area contributed by atoms with Crippen molar-refractivity contribution in [2.24, 2.45) is 5.41 Å². The summed E-state index contributed by atoms with van der Waals surface area (Å²) in [5, 5.41) is 0.767. The van der Waals surface area contributed by atoms with Crippen LogP contribution in [0.2, 0.25) is 5.02 Å². The maximum atomic E-state index is 12.9. The summed E-state index contributed by atoms with van der Waals surface area (Å²) in [6.45, 7) is 7.58. The quantitative estimate of drug-likeness (QED) is 0.519. The van der Waals surface area contributed by atoms with E-state index in [-0.39, 0.29) is 11.2 Å². The van der Waals surface area contributed by atoms with Gasteiger partial charge in [-0.3, -0.25) is 4.79 Å². The molecule has 26 heavy (non-hydrogen) atoms. The number of carbonyl (C=O) groups excluding carboxylic acids is 1. The van der Waals surface area contributed by atoms with Crippen LogP contribution in [-0.2, 0) is 0 Å². The molecule has 2 nitrogen and oxygen atoms in total. The van der Waals surface area contributed by atoms with Crippen LogP contribution in [0.15, 0.2) is 54.6 Å². The van der Waals surface area contributed by atoms with E-state index in [2.05, 4.69) is 30.9 Å².